The summed E-state index contributed by atoms with van der Waals surface area (Å²) in [6.07, 6.45) is 1.78. The van der Waals surface area contributed by atoms with Crippen LogP contribution >= 0.6 is 27.3 Å². The van der Waals surface area contributed by atoms with Crippen molar-refractivity contribution in [2.24, 2.45) is 4.99 Å². The number of aromatic nitrogens is 1. The van der Waals surface area contributed by atoms with Gasteiger partial charge in [0, 0.05) is 10.0 Å². The van der Waals surface area contributed by atoms with Gasteiger partial charge in [-0.3, -0.25) is 9.36 Å². The minimum atomic E-state index is -0.758. The second kappa shape index (κ2) is 11.4. The average Bonchev–Trinajstić information content (AvgIpc) is 3.19. The maximum Gasteiger partial charge on any atom is 0.338 e. The smallest absolute Gasteiger partial charge is 0.338 e. The van der Waals surface area contributed by atoms with Crippen molar-refractivity contribution in [1.29, 1.82) is 0 Å². The topological polar surface area (TPSA) is 88.4 Å². The van der Waals surface area contributed by atoms with Crippen LogP contribution in [-0.2, 0) is 9.53 Å². The van der Waals surface area contributed by atoms with E-state index in [1.54, 1.807) is 46.3 Å². The molecule has 0 saturated heterocycles. The Balaban J connectivity index is 1.97. The van der Waals surface area contributed by atoms with Gasteiger partial charge in [-0.05, 0) is 50.6 Å². The van der Waals surface area contributed by atoms with E-state index in [9.17, 15) is 9.59 Å². The monoisotopic (exact) mass is 586 g/mol. The summed E-state index contributed by atoms with van der Waals surface area (Å²) in [5.41, 5.74) is 1.92. The summed E-state index contributed by atoms with van der Waals surface area (Å²) in [6.45, 7) is 6.05. The minimum absolute atomic E-state index is 0.201. The molecule has 1 atom stereocenters. The minimum Gasteiger partial charge on any atom is -0.496 e. The fourth-order valence-electron chi connectivity index (χ4n) is 4.21. The molecule has 1 aliphatic rings. The summed E-state index contributed by atoms with van der Waals surface area (Å²) >= 11 is 4.82. The molecule has 0 aliphatic carbocycles. The number of thiazole rings is 1. The molecule has 8 nitrogen and oxygen atoms in total. The van der Waals surface area contributed by atoms with E-state index in [1.165, 1.54) is 15.9 Å². The largest absolute Gasteiger partial charge is 0.496 e. The second-order valence-corrected chi connectivity index (χ2v) is 9.87. The number of carbonyl (C=O) groups is 1. The van der Waals surface area contributed by atoms with Crippen LogP contribution in [0.25, 0.3) is 6.08 Å². The number of halogens is 1. The number of nitrogens with zero attached hydrogens (tertiary/aromatic N) is 2. The highest BCUT2D eigenvalue weighted by molar-refractivity contribution is 9.10. The molecule has 0 radical (unpaired) electrons. The van der Waals surface area contributed by atoms with Gasteiger partial charge in [-0.1, -0.05) is 45.5 Å². The molecule has 1 aromatic heterocycles. The predicted octanol–water partition coefficient (Wildman–Crippen LogP) is 3.98. The van der Waals surface area contributed by atoms with Crippen LogP contribution in [0.5, 0.6) is 17.2 Å². The highest BCUT2D eigenvalue weighted by Crippen LogP contribution is 2.36. The third-order valence-corrected chi connectivity index (χ3v) is 7.49. The van der Waals surface area contributed by atoms with Crippen LogP contribution in [-0.4, -0.2) is 38.0 Å². The van der Waals surface area contributed by atoms with E-state index < -0.39 is 12.0 Å². The predicted molar refractivity (Wildman–Crippen MR) is 145 cm³/mol. The summed E-state index contributed by atoms with van der Waals surface area (Å²) in [5, 5.41) is 0. The molecule has 1 aliphatic heterocycles. The Kier molecular flexibility index (Phi) is 8.19. The normalized spacial score (nSPS) is 15.2. The maximum atomic E-state index is 13.9. The SMILES string of the molecule is CCOC(=O)C1=C(C)N=c2s/c(=C\c3cc(OCC)c(OC)cc3Br)c(=O)n2[C@H]1c1ccccc1OC. The van der Waals surface area contributed by atoms with Crippen LogP contribution in [0.3, 0.4) is 0 Å². The first-order valence-electron chi connectivity index (χ1n) is 11.7. The summed E-state index contributed by atoms with van der Waals surface area (Å²) in [6, 6.07) is 10.2. The van der Waals surface area contributed by atoms with Crippen LogP contribution in [0, 0.1) is 0 Å². The van der Waals surface area contributed by atoms with Crippen molar-refractivity contribution in [2.75, 3.05) is 27.4 Å². The molecule has 4 rings (SSSR count). The van der Waals surface area contributed by atoms with E-state index >= 15 is 0 Å². The fraction of sp³-hybridized carbons (Fsp3) is 0.296. The lowest BCUT2D eigenvalue weighted by molar-refractivity contribution is -0.139. The summed E-state index contributed by atoms with van der Waals surface area (Å²) in [4.78, 5) is 32.1. The van der Waals surface area contributed by atoms with Crippen molar-refractivity contribution in [2.45, 2.75) is 26.8 Å². The first-order valence-corrected chi connectivity index (χ1v) is 13.3. The van der Waals surface area contributed by atoms with E-state index in [4.69, 9.17) is 18.9 Å². The van der Waals surface area contributed by atoms with Crippen molar-refractivity contribution >= 4 is 39.3 Å². The molecule has 194 valence electrons. The Morgan fingerprint density at radius 1 is 1.11 bits per heavy atom. The standard InChI is InChI=1S/C27H27BrN2O6S/c1-6-35-21-12-16(18(28)14-20(21)34-5)13-22-25(31)30-24(17-10-8-9-11-19(17)33-4)23(26(32)36-7-2)15(3)29-27(30)37-22/h8-14,24H,6-7H2,1-5H3/b22-13-/t24-/m0/s1. The van der Waals surface area contributed by atoms with Gasteiger partial charge in [-0.25, -0.2) is 9.79 Å². The summed E-state index contributed by atoms with van der Waals surface area (Å²) in [5.74, 6) is 1.18. The molecule has 10 heteroatoms. The molecular weight excluding hydrogens is 560 g/mol. The number of fused-ring (bicyclic) bond motifs is 1. The van der Waals surface area contributed by atoms with Gasteiger partial charge in [0.05, 0.1) is 43.2 Å². The van der Waals surface area contributed by atoms with Gasteiger partial charge in [-0.2, -0.15) is 0 Å². The van der Waals surface area contributed by atoms with Gasteiger partial charge < -0.3 is 18.9 Å². The van der Waals surface area contributed by atoms with E-state index in [-0.39, 0.29) is 12.2 Å². The van der Waals surface area contributed by atoms with Gasteiger partial charge in [0.15, 0.2) is 16.3 Å². The Hall–Kier alpha value is -3.37. The fourth-order valence-corrected chi connectivity index (χ4v) is 5.68. The zero-order chi connectivity index (χ0) is 26.7. The van der Waals surface area contributed by atoms with Crippen molar-refractivity contribution in [3.63, 3.8) is 0 Å². The number of hydrogen-bond acceptors (Lipinski definition) is 8. The number of ether oxygens (including phenoxy) is 4. The Bertz CT molecular complexity index is 1560. The van der Waals surface area contributed by atoms with Crippen molar-refractivity contribution in [3.05, 3.63) is 83.0 Å². The molecule has 0 bridgehead atoms. The number of hydrogen-bond donors (Lipinski definition) is 0. The van der Waals surface area contributed by atoms with Gasteiger partial charge in [-0.15, -0.1) is 0 Å². The molecular formula is C27H27BrN2O6S. The summed E-state index contributed by atoms with van der Waals surface area (Å²) in [7, 11) is 3.13. The zero-order valence-electron chi connectivity index (χ0n) is 21.2. The summed E-state index contributed by atoms with van der Waals surface area (Å²) < 4.78 is 24.8. The molecule has 0 unspecified atom stereocenters. The number of benzene rings is 2. The van der Waals surface area contributed by atoms with E-state index in [0.717, 1.165) is 10.0 Å². The lowest BCUT2D eigenvalue weighted by Crippen LogP contribution is -2.40. The second-order valence-electron chi connectivity index (χ2n) is 8.00. The van der Waals surface area contributed by atoms with Crippen molar-refractivity contribution in [1.82, 2.24) is 4.57 Å². The third kappa shape index (κ3) is 5.08. The average molecular weight is 587 g/mol. The Morgan fingerprint density at radius 2 is 1.84 bits per heavy atom. The molecule has 0 N–H and O–H groups in total. The maximum absolute atomic E-state index is 13.9. The molecule has 0 amide bonds. The van der Waals surface area contributed by atoms with E-state index in [2.05, 4.69) is 20.9 Å². The first-order chi connectivity index (χ1) is 17.8. The number of rotatable bonds is 8. The van der Waals surface area contributed by atoms with E-state index in [0.29, 0.717) is 50.0 Å². The highest BCUT2D eigenvalue weighted by atomic mass is 79.9. The number of esters is 1. The van der Waals surface area contributed by atoms with Crippen molar-refractivity contribution in [3.8, 4) is 17.2 Å². The van der Waals surface area contributed by atoms with Crippen LogP contribution < -0.4 is 29.1 Å². The van der Waals surface area contributed by atoms with Crippen LogP contribution in [0.15, 0.2) is 61.9 Å². The quantitative estimate of drug-likeness (QED) is 0.371. The van der Waals surface area contributed by atoms with Gasteiger partial charge >= 0.3 is 5.97 Å². The lowest BCUT2D eigenvalue weighted by atomic mass is 9.95. The number of para-hydroxylation sites is 1. The molecule has 3 aromatic rings. The third-order valence-electron chi connectivity index (χ3n) is 5.82. The molecule has 37 heavy (non-hydrogen) atoms. The van der Waals surface area contributed by atoms with Gasteiger partial charge in [0.1, 0.15) is 11.8 Å². The molecule has 2 aromatic carbocycles. The number of methoxy groups -OCH3 is 2. The zero-order valence-corrected chi connectivity index (χ0v) is 23.6. The van der Waals surface area contributed by atoms with Crippen LogP contribution in [0.1, 0.15) is 37.9 Å². The first kappa shape index (κ1) is 26.7. The molecule has 2 heterocycles. The van der Waals surface area contributed by atoms with E-state index in [1.807, 2.05) is 31.2 Å². The molecule has 0 saturated carbocycles. The molecule has 0 spiro atoms. The lowest BCUT2D eigenvalue weighted by Gasteiger charge is -2.25. The Morgan fingerprint density at radius 3 is 2.51 bits per heavy atom. The van der Waals surface area contributed by atoms with Gasteiger partial charge in [0.25, 0.3) is 5.56 Å². The Labute approximate surface area is 226 Å². The highest BCUT2D eigenvalue weighted by Gasteiger charge is 2.35. The number of allylic oxidation sites excluding steroid dienone is 1. The van der Waals surface area contributed by atoms with Gasteiger partial charge in [0.2, 0.25) is 0 Å². The van der Waals surface area contributed by atoms with Crippen molar-refractivity contribution < 1.29 is 23.7 Å². The van der Waals surface area contributed by atoms with Crippen LogP contribution in [0.4, 0.5) is 0 Å². The number of carbonyl (C=O) groups excluding carboxylic acids is 1. The van der Waals surface area contributed by atoms with Crippen LogP contribution in [0.2, 0.25) is 0 Å². The molecule has 0 fully saturated rings.